The van der Waals surface area contributed by atoms with Crippen LogP contribution in [0, 0.1) is 5.41 Å². The number of hydrogen-bond donors (Lipinski definition) is 1. The number of fused-ring (bicyclic) bond motifs is 1. The molecule has 2 atom stereocenters. The predicted octanol–water partition coefficient (Wildman–Crippen LogP) is 3.36. The number of hydroxylamine groups is 2. The average Bonchev–Trinajstić information content (AvgIpc) is 3.30. The minimum atomic E-state index is -1.64. The fraction of sp³-hybridized carbons (Fsp3) is 0.450. The van der Waals surface area contributed by atoms with Gasteiger partial charge in [0.1, 0.15) is 21.2 Å². The van der Waals surface area contributed by atoms with Crippen molar-refractivity contribution >= 4 is 20.0 Å². The van der Waals surface area contributed by atoms with Gasteiger partial charge in [-0.1, -0.05) is 43.4 Å². The highest BCUT2D eigenvalue weighted by Crippen LogP contribution is 2.36. The van der Waals surface area contributed by atoms with Crippen LogP contribution in [0.15, 0.2) is 49.1 Å². The highest BCUT2D eigenvalue weighted by Gasteiger charge is 2.48. The third-order valence-corrected chi connectivity index (χ3v) is 9.11. The van der Waals surface area contributed by atoms with Crippen LogP contribution in [0.25, 0.3) is 0 Å². The quantitative estimate of drug-likeness (QED) is 0.634. The molecule has 2 saturated heterocycles. The monoisotopic (exact) mass is 397 g/mol. The first-order valence-electron chi connectivity index (χ1n) is 9.78. The molecule has 1 N–H and O–H groups in total. The van der Waals surface area contributed by atoms with Crippen LogP contribution in [0.4, 0.5) is 4.79 Å². The topological polar surface area (TPSA) is 74.5 Å². The number of aromatic nitrogens is 2. The second-order valence-corrected chi connectivity index (χ2v) is 12.8. The molecule has 7 nitrogen and oxygen atoms in total. The summed E-state index contributed by atoms with van der Waals surface area (Å²) >= 11 is 0. The molecule has 1 aromatic heterocycles. The molecule has 28 heavy (non-hydrogen) atoms. The van der Waals surface area contributed by atoms with Crippen molar-refractivity contribution in [2.24, 2.45) is 0 Å². The third-order valence-electron chi connectivity index (χ3n) is 5.82. The lowest BCUT2D eigenvalue weighted by Gasteiger charge is -2.44. The van der Waals surface area contributed by atoms with E-state index in [1.807, 2.05) is 30.3 Å². The molecule has 148 valence electrons. The zero-order valence-electron chi connectivity index (χ0n) is 16.4. The first kappa shape index (κ1) is 19.0. The van der Waals surface area contributed by atoms with Gasteiger partial charge in [0.25, 0.3) is 0 Å². The number of imidazole rings is 1. The van der Waals surface area contributed by atoms with Crippen molar-refractivity contribution in [3.63, 3.8) is 0 Å². The van der Waals surface area contributed by atoms with E-state index in [1.165, 1.54) is 16.0 Å². The van der Waals surface area contributed by atoms with Crippen molar-refractivity contribution in [2.75, 3.05) is 6.54 Å². The molecule has 2 aliphatic rings. The SMILES string of the molecule is C[Si]1(C)CC(=N)[C@@H]2CC[C@@H](N(OCc3ccccc3)C(=O)n3ccnc3)CN21. The minimum absolute atomic E-state index is 0.0347. The summed E-state index contributed by atoms with van der Waals surface area (Å²) in [6, 6.07) is 10.8. The van der Waals surface area contributed by atoms with Crippen molar-refractivity contribution < 1.29 is 9.63 Å². The lowest BCUT2D eigenvalue weighted by molar-refractivity contribution is -0.162. The summed E-state index contributed by atoms with van der Waals surface area (Å²) in [5, 5.41) is 9.90. The molecule has 0 saturated carbocycles. The van der Waals surface area contributed by atoms with E-state index in [1.54, 1.807) is 12.4 Å². The number of nitrogens with one attached hydrogen (secondary N) is 1. The van der Waals surface area contributed by atoms with Gasteiger partial charge in [0.2, 0.25) is 0 Å². The maximum absolute atomic E-state index is 13.1. The summed E-state index contributed by atoms with van der Waals surface area (Å²) in [5.74, 6) is 0. The van der Waals surface area contributed by atoms with Gasteiger partial charge in [-0.3, -0.25) is 9.40 Å². The zero-order chi connectivity index (χ0) is 19.7. The first-order chi connectivity index (χ1) is 13.5. The number of hydrogen-bond acceptors (Lipinski definition) is 5. The number of carbonyl (C=O) groups excluding carboxylic acids is 1. The van der Waals surface area contributed by atoms with E-state index in [4.69, 9.17) is 10.2 Å². The summed E-state index contributed by atoms with van der Waals surface area (Å²) in [6.07, 6.45) is 6.50. The molecule has 1 aromatic carbocycles. The van der Waals surface area contributed by atoms with Crippen LogP contribution in [0.1, 0.15) is 18.4 Å². The summed E-state index contributed by atoms with van der Waals surface area (Å²) in [7, 11) is -1.64. The predicted molar refractivity (Wildman–Crippen MR) is 110 cm³/mol. The summed E-state index contributed by atoms with van der Waals surface area (Å²) in [5.41, 5.74) is 1.89. The Hall–Kier alpha value is -2.29. The van der Waals surface area contributed by atoms with E-state index in [2.05, 4.69) is 22.6 Å². The maximum Gasteiger partial charge on any atom is 0.353 e. The number of piperidine rings is 1. The Morgan fingerprint density at radius 1 is 1.32 bits per heavy atom. The van der Waals surface area contributed by atoms with Gasteiger partial charge < -0.3 is 9.97 Å². The second-order valence-electron chi connectivity index (χ2n) is 8.25. The Balaban J connectivity index is 1.54. The van der Waals surface area contributed by atoms with E-state index >= 15 is 0 Å². The minimum Gasteiger partial charge on any atom is -0.314 e. The van der Waals surface area contributed by atoms with E-state index in [9.17, 15) is 4.79 Å². The van der Waals surface area contributed by atoms with Crippen molar-refractivity contribution in [3.8, 4) is 0 Å². The Labute approximate surface area is 166 Å². The lowest BCUT2D eigenvalue weighted by Crippen LogP contribution is -2.58. The second kappa shape index (κ2) is 7.61. The molecule has 0 radical (unpaired) electrons. The maximum atomic E-state index is 13.1. The van der Waals surface area contributed by atoms with Crippen molar-refractivity contribution in [1.82, 2.24) is 19.2 Å². The van der Waals surface area contributed by atoms with Crippen LogP contribution in [-0.4, -0.2) is 57.8 Å². The number of benzene rings is 1. The molecule has 0 bridgehead atoms. The Kier molecular flexibility index (Phi) is 5.18. The van der Waals surface area contributed by atoms with Gasteiger partial charge in [-0.05, 0) is 24.4 Å². The van der Waals surface area contributed by atoms with Crippen molar-refractivity contribution in [3.05, 3.63) is 54.6 Å². The molecular formula is C20H27N5O2Si. The molecule has 8 heteroatoms. The Morgan fingerprint density at radius 2 is 2.11 bits per heavy atom. The Morgan fingerprint density at radius 3 is 2.82 bits per heavy atom. The number of amides is 1. The van der Waals surface area contributed by atoms with Crippen LogP contribution < -0.4 is 0 Å². The van der Waals surface area contributed by atoms with Crippen LogP contribution in [0.5, 0.6) is 0 Å². The molecule has 2 fully saturated rings. The highest BCUT2D eigenvalue weighted by molar-refractivity contribution is 6.79. The number of carbonyl (C=O) groups is 1. The van der Waals surface area contributed by atoms with Gasteiger partial charge in [-0.15, -0.1) is 0 Å². The zero-order valence-corrected chi connectivity index (χ0v) is 17.4. The Bertz CT molecular complexity index is 840. The van der Waals surface area contributed by atoms with Gasteiger partial charge in [-0.25, -0.2) is 9.78 Å². The number of nitrogens with zero attached hydrogens (tertiary/aromatic N) is 4. The van der Waals surface area contributed by atoms with E-state index in [-0.39, 0.29) is 18.1 Å². The van der Waals surface area contributed by atoms with E-state index < -0.39 is 8.24 Å². The first-order valence-corrected chi connectivity index (χ1v) is 12.9. The molecule has 2 aromatic rings. The molecule has 2 aliphatic heterocycles. The highest BCUT2D eigenvalue weighted by atomic mass is 28.3. The van der Waals surface area contributed by atoms with E-state index in [0.717, 1.165) is 36.7 Å². The third kappa shape index (κ3) is 3.67. The van der Waals surface area contributed by atoms with Crippen LogP contribution in [-0.2, 0) is 11.4 Å². The summed E-state index contributed by atoms with van der Waals surface area (Å²) in [4.78, 5) is 23.2. The molecule has 1 amide bonds. The molecule has 0 unspecified atom stereocenters. The van der Waals surface area contributed by atoms with Crippen molar-refractivity contribution in [2.45, 2.75) is 50.7 Å². The van der Waals surface area contributed by atoms with E-state index in [0.29, 0.717) is 6.61 Å². The molecule has 0 spiro atoms. The standard InChI is InChI=1S/C20H27N5O2Si/c1-28(2)14-18(21)19-9-8-17(12-24(19)28)25(20(26)23-11-10-22-15-23)27-13-16-6-4-3-5-7-16/h3-7,10-11,15,17,19,21H,8-9,12-14H2,1-2H3/t17-,19+/m1/s1. The normalized spacial score (nSPS) is 24.1. The van der Waals surface area contributed by atoms with Gasteiger partial charge in [0.15, 0.2) is 0 Å². The van der Waals surface area contributed by atoms with Gasteiger partial charge in [-0.2, -0.15) is 5.06 Å². The van der Waals surface area contributed by atoms with Gasteiger partial charge in [0, 0.05) is 30.7 Å². The van der Waals surface area contributed by atoms with Gasteiger partial charge in [0.05, 0.1) is 6.04 Å². The lowest BCUT2D eigenvalue weighted by atomic mass is 9.98. The molecule has 3 heterocycles. The molecular weight excluding hydrogens is 370 g/mol. The fourth-order valence-corrected chi connectivity index (χ4v) is 7.59. The van der Waals surface area contributed by atoms with Crippen LogP contribution in [0.2, 0.25) is 19.1 Å². The largest absolute Gasteiger partial charge is 0.353 e. The molecule has 4 rings (SSSR count). The number of rotatable bonds is 4. The smallest absolute Gasteiger partial charge is 0.314 e. The average molecular weight is 398 g/mol. The van der Waals surface area contributed by atoms with Crippen LogP contribution in [0.3, 0.4) is 0 Å². The summed E-state index contributed by atoms with van der Waals surface area (Å²) in [6.45, 7) is 5.74. The molecule has 0 aliphatic carbocycles. The van der Waals surface area contributed by atoms with Crippen LogP contribution >= 0.6 is 0 Å². The summed E-state index contributed by atoms with van der Waals surface area (Å²) < 4.78 is 3.97. The van der Waals surface area contributed by atoms with Gasteiger partial charge >= 0.3 is 6.03 Å². The van der Waals surface area contributed by atoms with Crippen molar-refractivity contribution in [1.29, 1.82) is 5.41 Å². The fourth-order valence-electron chi connectivity index (χ4n) is 4.38.